The van der Waals surface area contributed by atoms with E-state index in [1.54, 1.807) is 28.0 Å². The van der Waals surface area contributed by atoms with Gasteiger partial charge in [-0.25, -0.2) is 9.97 Å². The van der Waals surface area contributed by atoms with Crippen LogP contribution in [0.1, 0.15) is 36.3 Å². The van der Waals surface area contributed by atoms with Gasteiger partial charge in [0, 0.05) is 31.4 Å². The first-order valence-corrected chi connectivity index (χ1v) is 11.8. The van der Waals surface area contributed by atoms with Crippen LogP contribution in [0, 0.1) is 5.92 Å². The van der Waals surface area contributed by atoms with Crippen LogP contribution >= 0.6 is 23.2 Å². The number of benzene rings is 1. The molecule has 2 aliphatic rings. The van der Waals surface area contributed by atoms with Crippen molar-refractivity contribution in [3.05, 3.63) is 51.5 Å². The minimum absolute atomic E-state index is 0.0331. The smallest absolute Gasteiger partial charge is 0.242 e. The molecule has 0 bridgehead atoms. The highest BCUT2D eigenvalue weighted by Gasteiger charge is 2.26. The number of aliphatic hydroxyl groups excluding tert-OH is 2. The third-order valence-corrected chi connectivity index (χ3v) is 7.04. The molecule has 2 heterocycles. The number of rotatable bonds is 7. The Morgan fingerprint density at radius 1 is 1.25 bits per heavy atom. The average Bonchev–Trinajstić information content (AvgIpc) is 3.19. The Morgan fingerprint density at radius 3 is 2.81 bits per heavy atom. The average molecular weight is 479 g/mol. The number of hydrogen-bond donors (Lipinski definition) is 2. The summed E-state index contributed by atoms with van der Waals surface area (Å²) in [6, 6.07) is 5.19. The van der Waals surface area contributed by atoms with Gasteiger partial charge in [-0.15, -0.1) is 0 Å². The summed E-state index contributed by atoms with van der Waals surface area (Å²) < 4.78 is 0. The van der Waals surface area contributed by atoms with Gasteiger partial charge in [0.1, 0.15) is 5.82 Å². The van der Waals surface area contributed by atoms with E-state index in [0.717, 1.165) is 54.9 Å². The van der Waals surface area contributed by atoms with Crippen molar-refractivity contribution < 1.29 is 15.0 Å². The SMILES string of the molecule is O=C(CN(CCO)c1ccc(Cl)c(Cl)c1)N1CCc2cnc(C[C@H]3CC[C@H](O)C3)nc2C1. The molecule has 1 saturated carbocycles. The second kappa shape index (κ2) is 10.3. The lowest BCUT2D eigenvalue weighted by atomic mass is 10.0. The molecule has 1 aromatic carbocycles. The predicted octanol–water partition coefficient (Wildman–Crippen LogP) is 2.87. The van der Waals surface area contributed by atoms with Gasteiger partial charge >= 0.3 is 0 Å². The first-order chi connectivity index (χ1) is 15.4. The standard InChI is InChI=1S/C23H28Cl2N4O3/c24-19-4-2-17(11-20(19)25)28(7-8-30)14-23(32)29-6-5-16-12-26-22(27-21(16)13-29)10-15-1-3-18(31)9-15/h2,4,11-12,15,18,30-31H,1,3,5-10,13-14H2/t15-,18-/m0/s1. The quantitative estimate of drug-likeness (QED) is 0.635. The van der Waals surface area contributed by atoms with Crippen LogP contribution in [-0.4, -0.2) is 63.3 Å². The van der Waals surface area contributed by atoms with Crippen molar-refractivity contribution in [2.24, 2.45) is 5.92 Å². The van der Waals surface area contributed by atoms with E-state index < -0.39 is 0 Å². The maximum absolute atomic E-state index is 13.1. The number of aromatic nitrogens is 2. The molecule has 1 aliphatic carbocycles. The van der Waals surface area contributed by atoms with E-state index in [-0.39, 0.29) is 25.2 Å². The second-order valence-corrected chi connectivity index (χ2v) is 9.42. The van der Waals surface area contributed by atoms with Crippen LogP contribution < -0.4 is 4.90 Å². The molecule has 2 atom stereocenters. The van der Waals surface area contributed by atoms with E-state index in [0.29, 0.717) is 35.6 Å². The molecule has 172 valence electrons. The molecule has 1 amide bonds. The van der Waals surface area contributed by atoms with Gasteiger partial charge in [-0.05, 0) is 55.4 Å². The minimum atomic E-state index is -0.205. The molecule has 0 unspecified atom stereocenters. The molecule has 0 radical (unpaired) electrons. The minimum Gasteiger partial charge on any atom is -0.395 e. The number of amides is 1. The summed E-state index contributed by atoms with van der Waals surface area (Å²) in [5, 5.41) is 20.1. The molecular formula is C23H28Cl2N4O3. The Hall–Kier alpha value is -1.93. The molecule has 0 spiro atoms. The fourth-order valence-corrected chi connectivity index (χ4v) is 4.81. The summed E-state index contributed by atoms with van der Waals surface area (Å²) in [5.74, 6) is 1.17. The lowest BCUT2D eigenvalue weighted by Crippen LogP contribution is -2.44. The van der Waals surface area contributed by atoms with Crippen molar-refractivity contribution in [2.75, 3.05) is 31.1 Å². The second-order valence-electron chi connectivity index (χ2n) is 8.60. The largest absolute Gasteiger partial charge is 0.395 e. The summed E-state index contributed by atoms with van der Waals surface area (Å²) in [7, 11) is 0. The van der Waals surface area contributed by atoms with Crippen LogP contribution in [-0.2, 0) is 24.2 Å². The van der Waals surface area contributed by atoms with Gasteiger partial charge in [0.05, 0.1) is 41.5 Å². The number of halogens is 2. The molecular weight excluding hydrogens is 451 g/mol. The summed E-state index contributed by atoms with van der Waals surface area (Å²) in [5.41, 5.74) is 2.72. The Labute approximate surface area is 198 Å². The number of fused-ring (bicyclic) bond motifs is 1. The van der Waals surface area contributed by atoms with Crippen LogP contribution in [0.5, 0.6) is 0 Å². The molecule has 2 N–H and O–H groups in total. The lowest BCUT2D eigenvalue weighted by molar-refractivity contribution is -0.130. The van der Waals surface area contributed by atoms with E-state index >= 15 is 0 Å². The van der Waals surface area contributed by atoms with Crippen LogP contribution in [0.25, 0.3) is 0 Å². The van der Waals surface area contributed by atoms with Crippen molar-refractivity contribution in [3.63, 3.8) is 0 Å². The lowest BCUT2D eigenvalue weighted by Gasteiger charge is -2.31. The van der Waals surface area contributed by atoms with Gasteiger partial charge in [-0.2, -0.15) is 0 Å². The highest BCUT2D eigenvalue weighted by atomic mass is 35.5. The zero-order valence-corrected chi connectivity index (χ0v) is 19.4. The Balaban J connectivity index is 1.42. The summed E-state index contributed by atoms with van der Waals surface area (Å²) in [4.78, 5) is 26.0. The summed E-state index contributed by atoms with van der Waals surface area (Å²) in [6.07, 6.45) is 5.82. The Kier molecular flexibility index (Phi) is 7.51. The number of hydrogen-bond acceptors (Lipinski definition) is 6. The molecule has 2 aromatic rings. The van der Waals surface area contributed by atoms with E-state index in [9.17, 15) is 15.0 Å². The van der Waals surface area contributed by atoms with Crippen LogP contribution in [0.15, 0.2) is 24.4 Å². The van der Waals surface area contributed by atoms with Gasteiger partial charge in [0.25, 0.3) is 0 Å². The number of aliphatic hydroxyl groups is 2. The van der Waals surface area contributed by atoms with Crippen molar-refractivity contribution in [1.82, 2.24) is 14.9 Å². The highest BCUT2D eigenvalue weighted by molar-refractivity contribution is 6.42. The van der Waals surface area contributed by atoms with Gasteiger partial charge in [-0.3, -0.25) is 4.79 Å². The van der Waals surface area contributed by atoms with Crippen LogP contribution in [0.2, 0.25) is 10.0 Å². The molecule has 1 aliphatic heterocycles. The summed E-state index contributed by atoms with van der Waals surface area (Å²) >= 11 is 12.2. The van der Waals surface area contributed by atoms with E-state index in [2.05, 4.69) is 4.98 Å². The zero-order valence-electron chi connectivity index (χ0n) is 17.9. The molecule has 32 heavy (non-hydrogen) atoms. The fourth-order valence-electron chi connectivity index (χ4n) is 4.51. The van der Waals surface area contributed by atoms with Gasteiger partial charge in [0.15, 0.2) is 0 Å². The van der Waals surface area contributed by atoms with Crippen molar-refractivity contribution >= 4 is 34.8 Å². The van der Waals surface area contributed by atoms with Crippen LogP contribution in [0.3, 0.4) is 0 Å². The third kappa shape index (κ3) is 5.52. The molecule has 1 aromatic heterocycles. The number of carbonyl (C=O) groups is 1. The Morgan fingerprint density at radius 2 is 2.09 bits per heavy atom. The Bertz CT molecular complexity index is 974. The van der Waals surface area contributed by atoms with Gasteiger partial charge in [-0.1, -0.05) is 23.2 Å². The number of carbonyl (C=O) groups excluding carboxylic acids is 1. The molecule has 4 rings (SSSR count). The zero-order chi connectivity index (χ0) is 22.7. The molecule has 1 fully saturated rings. The van der Waals surface area contributed by atoms with Gasteiger partial charge in [0.2, 0.25) is 5.91 Å². The van der Waals surface area contributed by atoms with E-state index in [1.807, 2.05) is 6.20 Å². The molecule has 0 saturated heterocycles. The number of anilines is 1. The highest BCUT2D eigenvalue weighted by Crippen LogP contribution is 2.29. The van der Waals surface area contributed by atoms with Crippen molar-refractivity contribution in [1.29, 1.82) is 0 Å². The maximum Gasteiger partial charge on any atom is 0.242 e. The van der Waals surface area contributed by atoms with Gasteiger partial charge < -0.3 is 20.0 Å². The first-order valence-electron chi connectivity index (χ1n) is 11.0. The van der Waals surface area contributed by atoms with Crippen LogP contribution in [0.4, 0.5) is 5.69 Å². The van der Waals surface area contributed by atoms with E-state index in [1.165, 1.54) is 0 Å². The maximum atomic E-state index is 13.1. The van der Waals surface area contributed by atoms with Crippen molar-refractivity contribution in [3.8, 4) is 0 Å². The third-order valence-electron chi connectivity index (χ3n) is 6.30. The summed E-state index contributed by atoms with van der Waals surface area (Å²) in [6.45, 7) is 1.42. The fraction of sp³-hybridized carbons (Fsp3) is 0.522. The normalized spacial score (nSPS) is 20.3. The topological polar surface area (TPSA) is 89.8 Å². The first kappa shape index (κ1) is 23.2. The number of nitrogens with zero attached hydrogens (tertiary/aromatic N) is 4. The van der Waals surface area contributed by atoms with Crippen molar-refractivity contribution in [2.45, 2.75) is 44.8 Å². The molecule has 9 heteroatoms. The monoisotopic (exact) mass is 478 g/mol. The van der Waals surface area contributed by atoms with E-state index in [4.69, 9.17) is 28.2 Å². The predicted molar refractivity (Wildman–Crippen MR) is 124 cm³/mol. The molecule has 7 nitrogen and oxygen atoms in total.